The Morgan fingerprint density at radius 2 is 0.976 bits per heavy atom. The minimum atomic E-state index is -1.37. The number of amides is 2. The summed E-state index contributed by atoms with van der Waals surface area (Å²) in [4.78, 5) is 51.3. The first-order valence-electron chi connectivity index (χ1n) is 16.7. The van der Waals surface area contributed by atoms with E-state index in [2.05, 4.69) is 19.2 Å². The summed E-state index contributed by atoms with van der Waals surface area (Å²) in [6.45, 7) is 5.80. The second-order valence-electron chi connectivity index (χ2n) is 11.5. The number of imide groups is 1. The van der Waals surface area contributed by atoms with Crippen LogP contribution in [0.15, 0.2) is 0 Å². The first-order chi connectivity index (χ1) is 19.8. The second kappa shape index (κ2) is 30.1. The van der Waals surface area contributed by atoms with Crippen LogP contribution in [0.3, 0.4) is 0 Å². The maximum atomic E-state index is 13.3. The summed E-state index contributed by atoms with van der Waals surface area (Å²) in [5, 5.41) is 14.2. The molecule has 8 nitrogen and oxygen atoms in total. The van der Waals surface area contributed by atoms with Crippen molar-refractivity contribution in [3.05, 3.63) is 0 Å². The number of methoxy groups -OCH3 is 1. The van der Waals surface area contributed by atoms with E-state index in [4.69, 9.17) is 4.74 Å². The third kappa shape index (κ3) is 23.5. The van der Waals surface area contributed by atoms with E-state index in [1.54, 1.807) is 0 Å². The molecule has 0 saturated carbocycles. The number of hydrogen-bond acceptors (Lipinski definition) is 7. The Kier molecular flexibility index (Phi) is 30.9. The van der Waals surface area contributed by atoms with Gasteiger partial charge in [-0.15, -0.1) is 0 Å². The maximum Gasteiger partial charge on any atom is 1.00 e. The van der Waals surface area contributed by atoms with Crippen LogP contribution in [0.5, 0.6) is 0 Å². The van der Waals surface area contributed by atoms with Crippen molar-refractivity contribution < 1.29 is 58.6 Å². The van der Waals surface area contributed by atoms with Crippen molar-refractivity contribution in [2.75, 3.05) is 7.11 Å². The van der Waals surface area contributed by atoms with Crippen LogP contribution in [0.4, 0.5) is 0 Å². The number of esters is 1. The van der Waals surface area contributed by atoms with Crippen LogP contribution in [0.1, 0.15) is 168 Å². The molecule has 0 aromatic carbocycles. The molecule has 0 heterocycles. The molecule has 1 unspecified atom stereocenters. The van der Waals surface area contributed by atoms with Gasteiger partial charge in [0.15, 0.2) is 0 Å². The smallest absolute Gasteiger partial charge is 0.548 e. The van der Waals surface area contributed by atoms with E-state index in [1.165, 1.54) is 91.1 Å². The number of nitrogens with one attached hydrogen (secondary N) is 1. The summed E-state index contributed by atoms with van der Waals surface area (Å²) in [6.07, 6.45) is 21.5. The number of carbonyl (C=O) groups excluding carboxylic acids is 4. The molecule has 0 bridgehead atoms. The Balaban J connectivity index is 0. The fourth-order valence-corrected chi connectivity index (χ4v) is 5.08. The van der Waals surface area contributed by atoms with E-state index >= 15 is 0 Å². The van der Waals surface area contributed by atoms with Gasteiger partial charge in [0.05, 0.1) is 19.5 Å². The molecule has 0 spiro atoms. The normalized spacial score (nSPS) is 12.3. The van der Waals surface area contributed by atoms with Crippen LogP contribution in [-0.2, 0) is 23.9 Å². The van der Waals surface area contributed by atoms with E-state index in [9.17, 15) is 24.3 Å². The summed E-state index contributed by atoms with van der Waals surface area (Å²) in [7, 11) is 1.23. The van der Waals surface area contributed by atoms with Gasteiger partial charge in [0.1, 0.15) is 6.17 Å². The monoisotopic (exact) mass is 604 g/mol. The summed E-state index contributed by atoms with van der Waals surface area (Å²) < 4.78 is 4.77. The zero-order valence-corrected chi connectivity index (χ0v) is 29.8. The van der Waals surface area contributed by atoms with Gasteiger partial charge < -0.3 is 14.6 Å². The van der Waals surface area contributed by atoms with E-state index in [-0.39, 0.29) is 60.6 Å². The number of unbranched alkanes of at least 4 members (excludes halogenated alkanes) is 18. The number of aliphatic carboxylic acids is 1. The molecule has 2 amide bonds. The van der Waals surface area contributed by atoms with Crippen LogP contribution in [0, 0.1) is 0 Å². The van der Waals surface area contributed by atoms with Crippen LogP contribution >= 0.6 is 0 Å². The topological polar surface area (TPSA) is 116 Å². The van der Waals surface area contributed by atoms with Gasteiger partial charge >= 0.3 is 35.5 Å². The minimum Gasteiger partial charge on any atom is -0.548 e. The average molecular weight is 605 g/mol. The van der Waals surface area contributed by atoms with Gasteiger partial charge in [-0.3, -0.25) is 24.6 Å². The van der Waals surface area contributed by atoms with Crippen LogP contribution < -0.4 is 40.0 Å². The molecule has 0 aromatic rings. The van der Waals surface area contributed by atoms with Gasteiger partial charge in [-0.25, -0.2) is 0 Å². The Labute approximate surface area is 279 Å². The van der Waals surface area contributed by atoms with Gasteiger partial charge in [0.25, 0.3) is 0 Å². The number of carboxylic acids is 1. The first-order valence-corrected chi connectivity index (χ1v) is 16.7. The quantitative estimate of drug-likeness (QED) is 0.0628. The van der Waals surface area contributed by atoms with Gasteiger partial charge in [-0.05, 0) is 19.8 Å². The van der Waals surface area contributed by atoms with Gasteiger partial charge in [-0.1, -0.05) is 129 Å². The summed E-state index contributed by atoms with van der Waals surface area (Å²) in [6, 6.07) is -1.15. The summed E-state index contributed by atoms with van der Waals surface area (Å²) >= 11 is 0. The van der Waals surface area contributed by atoms with Gasteiger partial charge in [0, 0.05) is 18.9 Å². The molecule has 0 rings (SSSR count). The van der Waals surface area contributed by atoms with Crippen molar-refractivity contribution in [1.82, 2.24) is 10.2 Å². The van der Waals surface area contributed by atoms with Crippen molar-refractivity contribution in [3.63, 3.8) is 0 Å². The van der Waals surface area contributed by atoms with Crippen molar-refractivity contribution >= 4 is 23.8 Å². The Morgan fingerprint density at radius 1 is 0.643 bits per heavy atom. The van der Waals surface area contributed by atoms with E-state index in [0.29, 0.717) is 12.8 Å². The molecule has 1 N–H and O–H groups in total. The van der Waals surface area contributed by atoms with Crippen LogP contribution in [-0.4, -0.2) is 48.0 Å². The Morgan fingerprint density at radius 3 is 1.29 bits per heavy atom. The molecule has 9 heteroatoms. The fraction of sp³-hybridized carbons (Fsp3) is 0.879. The molecule has 0 saturated heterocycles. The van der Waals surface area contributed by atoms with Crippen LogP contribution in [0.25, 0.3) is 0 Å². The molecule has 0 aliphatic heterocycles. The largest absolute Gasteiger partial charge is 1.00 e. The zero-order valence-electron chi connectivity index (χ0n) is 27.8. The second-order valence-corrected chi connectivity index (χ2v) is 11.5. The maximum absolute atomic E-state index is 13.3. The number of nitrogens with zero attached hydrogens (tertiary/aromatic N) is 1. The third-order valence-electron chi connectivity index (χ3n) is 7.72. The molecule has 240 valence electrons. The average Bonchev–Trinajstić information content (AvgIpc) is 2.94. The van der Waals surface area contributed by atoms with Gasteiger partial charge in [0.2, 0.25) is 11.8 Å². The van der Waals surface area contributed by atoms with Crippen molar-refractivity contribution in [3.8, 4) is 0 Å². The standard InChI is InChI=1S/C33H62N2O6.Na/c1-5-7-9-11-13-15-16-18-20-22-24-26-31(37)35(29(27-32(38)41-4)34-28(3)33(39)40)30(36)25-23-21-19-17-14-12-10-8-6-2;/h28-29,34H,5-27H2,1-4H3,(H,39,40);/q;+1/p-1/t28-,29?;/m0./s1. The number of rotatable bonds is 28. The van der Waals surface area contributed by atoms with E-state index < -0.39 is 24.1 Å². The molecule has 42 heavy (non-hydrogen) atoms. The SMILES string of the molecule is CCCCCCCCCCCCCC(=O)N(C(=O)CCCCCCCCCCC)C(CC(=O)OC)N[C@@H](C)C(=O)[O-].[Na+]. The first kappa shape index (κ1) is 43.2. The third-order valence-corrected chi connectivity index (χ3v) is 7.72. The number of carboxylic acid groups (broad SMARTS) is 1. The number of ether oxygens (including phenoxy) is 1. The van der Waals surface area contributed by atoms with Crippen molar-refractivity contribution in [2.24, 2.45) is 0 Å². The fourth-order valence-electron chi connectivity index (χ4n) is 5.08. The molecule has 0 radical (unpaired) electrons. The Bertz CT molecular complexity index is 706. The number of hydrogen-bond donors (Lipinski definition) is 1. The minimum absolute atomic E-state index is 0. The Hall–Kier alpha value is -0.960. The predicted octanol–water partition coefficient (Wildman–Crippen LogP) is 3.58. The molecular formula is C33H61N2NaO6. The molecular weight excluding hydrogens is 543 g/mol. The van der Waals surface area contributed by atoms with E-state index in [1.807, 2.05) is 0 Å². The number of carbonyl (C=O) groups is 4. The predicted molar refractivity (Wildman–Crippen MR) is 163 cm³/mol. The molecule has 0 aliphatic rings. The van der Waals surface area contributed by atoms with Crippen molar-refractivity contribution in [2.45, 2.75) is 181 Å². The molecule has 0 fully saturated rings. The molecule has 0 aromatic heterocycles. The molecule has 2 atom stereocenters. The van der Waals surface area contributed by atoms with Gasteiger partial charge in [-0.2, -0.15) is 0 Å². The zero-order chi connectivity index (χ0) is 30.7. The van der Waals surface area contributed by atoms with E-state index in [0.717, 1.165) is 43.4 Å². The summed E-state index contributed by atoms with van der Waals surface area (Å²) in [5.41, 5.74) is 0. The molecule has 0 aliphatic carbocycles. The van der Waals surface area contributed by atoms with Crippen LogP contribution in [0.2, 0.25) is 0 Å². The summed E-state index contributed by atoms with van der Waals surface area (Å²) in [5.74, 6) is -2.76. The van der Waals surface area contributed by atoms with Crippen molar-refractivity contribution in [1.29, 1.82) is 0 Å².